The average Bonchev–Trinajstić information content (AvgIpc) is 2.67. The number of benzene rings is 2. The molecule has 1 N–H and O–H groups in total. The average molecular weight is 322 g/mol. The van der Waals surface area contributed by atoms with E-state index in [2.05, 4.69) is 19.2 Å². The minimum atomic E-state index is -0.492. The highest BCUT2D eigenvalue weighted by atomic mass is 16.2. The molecule has 2 aromatic carbocycles. The van der Waals surface area contributed by atoms with Gasteiger partial charge in [-0.3, -0.25) is 9.59 Å². The third-order valence-electron chi connectivity index (χ3n) is 4.20. The van der Waals surface area contributed by atoms with Crippen LogP contribution in [0.25, 0.3) is 0 Å². The van der Waals surface area contributed by atoms with Gasteiger partial charge in [0.25, 0.3) is 5.91 Å². The molecule has 0 radical (unpaired) electrons. The van der Waals surface area contributed by atoms with Crippen molar-refractivity contribution in [2.75, 3.05) is 4.90 Å². The molecule has 0 aliphatic carbocycles. The van der Waals surface area contributed by atoms with Gasteiger partial charge in [0.2, 0.25) is 5.91 Å². The van der Waals surface area contributed by atoms with Crippen LogP contribution in [-0.2, 0) is 11.3 Å². The number of nitrogens with zero attached hydrogens (tertiary/aromatic N) is 1. The van der Waals surface area contributed by atoms with E-state index in [0.717, 1.165) is 5.56 Å². The van der Waals surface area contributed by atoms with E-state index in [9.17, 15) is 9.59 Å². The Morgan fingerprint density at radius 1 is 1.00 bits per heavy atom. The van der Waals surface area contributed by atoms with Crippen molar-refractivity contribution in [3.8, 4) is 0 Å². The Bertz CT molecular complexity index is 740. The van der Waals surface area contributed by atoms with Gasteiger partial charge in [-0.1, -0.05) is 56.3 Å². The first kappa shape index (κ1) is 16.2. The molecule has 1 aliphatic rings. The zero-order valence-corrected chi connectivity index (χ0v) is 14.0. The van der Waals surface area contributed by atoms with Gasteiger partial charge in [-0.25, -0.2) is 0 Å². The summed E-state index contributed by atoms with van der Waals surface area (Å²) in [6, 6.07) is 16.7. The lowest BCUT2D eigenvalue weighted by Crippen LogP contribution is -2.46. The van der Waals surface area contributed by atoms with E-state index in [1.165, 1.54) is 0 Å². The molecule has 1 aliphatic heterocycles. The van der Waals surface area contributed by atoms with E-state index in [0.29, 0.717) is 30.1 Å². The second-order valence-electron chi connectivity index (χ2n) is 6.58. The predicted octanol–water partition coefficient (Wildman–Crippen LogP) is 3.38. The van der Waals surface area contributed by atoms with E-state index in [-0.39, 0.29) is 11.8 Å². The van der Waals surface area contributed by atoms with Crippen LogP contribution < -0.4 is 10.2 Å². The third kappa shape index (κ3) is 3.32. The largest absolute Gasteiger partial charge is 0.340 e. The first-order chi connectivity index (χ1) is 11.6. The molecule has 3 rings (SSSR count). The fraction of sp³-hybridized carbons (Fsp3) is 0.300. The number of rotatable bonds is 4. The fourth-order valence-electron chi connectivity index (χ4n) is 3.07. The van der Waals surface area contributed by atoms with E-state index in [4.69, 9.17) is 0 Å². The van der Waals surface area contributed by atoms with Crippen molar-refractivity contribution in [1.82, 2.24) is 5.32 Å². The van der Waals surface area contributed by atoms with Gasteiger partial charge in [0, 0.05) is 0 Å². The molecule has 0 saturated heterocycles. The zero-order chi connectivity index (χ0) is 17.1. The van der Waals surface area contributed by atoms with Crippen LogP contribution in [0, 0.1) is 5.92 Å². The van der Waals surface area contributed by atoms with Crippen molar-refractivity contribution in [2.45, 2.75) is 32.9 Å². The summed E-state index contributed by atoms with van der Waals surface area (Å²) in [6.07, 6.45) is 0.629. The van der Waals surface area contributed by atoms with Gasteiger partial charge >= 0.3 is 0 Å². The van der Waals surface area contributed by atoms with Crippen molar-refractivity contribution in [3.63, 3.8) is 0 Å². The SMILES string of the molecule is CC(C)CC1NC(=O)c2ccccc2N(Cc2ccccc2)C1=O. The molecule has 124 valence electrons. The second-order valence-corrected chi connectivity index (χ2v) is 6.58. The van der Waals surface area contributed by atoms with Crippen LogP contribution >= 0.6 is 0 Å². The summed E-state index contributed by atoms with van der Waals surface area (Å²) in [7, 11) is 0. The molecule has 0 bridgehead atoms. The highest BCUT2D eigenvalue weighted by molar-refractivity contribution is 6.10. The first-order valence-electron chi connectivity index (χ1n) is 8.31. The summed E-state index contributed by atoms with van der Waals surface area (Å²) in [4.78, 5) is 27.4. The molecule has 2 aromatic rings. The van der Waals surface area contributed by atoms with E-state index >= 15 is 0 Å². The van der Waals surface area contributed by atoms with Crippen LogP contribution in [0.15, 0.2) is 54.6 Å². The first-order valence-corrected chi connectivity index (χ1v) is 8.31. The number of amides is 2. The minimum Gasteiger partial charge on any atom is -0.340 e. The highest BCUT2D eigenvalue weighted by Crippen LogP contribution is 2.27. The zero-order valence-electron chi connectivity index (χ0n) is 14.0. The van der Waals surface area contributed by atoms with Crippen molar-refractivity contribution in [1.29, 1.82) is 0 Å². The Labute approximate surface area is 142 Å². The number of hydrogen-bond acceptors (Lipinski definition) is 2. The number of fused-ring (bicyclic) bond motifs is 1. The van der Waals surface area contributed by atoms with Crippen LogP contribution in [0.3, 0.4) is 0 Å². The Hall–Kier alpha value is -2.62. The molecule has 24 heavy (non-hydrogen) atoms. The molecule has 2 amide bonds. The third-order valence-corrected chi connectivity index (χ3v) is 4.20. The van der Waals surface area contributed by atoms with Gasteiger partial charge in [-0.2, -0.15) is 0 Å². The number of carbonyl (C=O) groups is 2. The van der Waals surface area contributed by atoms with Gasteiger partial charge in [-0.15, -0.1) is 0 Å². The van der Waals surface area contributed by atoms with E-state index in [1.54, 1.807) is 11.0 Å². The van der Waals surface area contributed by atoms with Gasteiger partial charge in [0.1, 0.15) is 6.04 Å². The molecular formula is C20H22N2O2. The Morgan fingerprint density at radius 3 is 2.38 bits per heavy atom. The predicted molar refractivity (Wildman–Crippen MR) is 94.8 cm³/mol. The highest BCUT2D eigenvalue weighted by Gasteiger charge is 2.33. The molecule has 0 fully saturated rings. The maximum absolute atomic E-state index is 13.1. The Kier molecular flexibility index (Phi) is 4.65. The monoisotopic (exact) mass is 322 g/mol. The summed E-state index contributed by atoms with van der Waals surface area (Å²) >= 11 is 0. The topological polar surface area (TPSA) is 49.4 Å². The number of para-hydroxylation sites is 1. The molecule has 4 nitrogen and oxygen atoms in total. The van der Waals surface area contributed by atoms with Crippen molar-refractivity contribution >= 4 is 17.5 Å². The van der Waals surface area contributed by atoms with Crippen molar-refractivity contribution < 1.29 is 9.59 Å². The molecule has 0 saturated carbocycles. The summed E-state index contributed by atoms with van der Waals surface area (Å²) in [5.41, 5.74) is 2.27. The van der Waals surface area contributed by atoms with Crippen molar-refractivity contribution in [3.05, 3.63) is 65.7 Å². The van der Waals surface area contributed by atoms with E-state index in [1.807, 2.05) is 48.5 Å². The number of anilines is 1. The van der Waals surface area contributed by atoms with Gasteiger partial charge in [0.05, 0.1) is 17.8 Å². The van der Waals surface area contributed by atoms with Crippen LogP contribution in [0.2, 0.25) is 0 Å². The lowest BCUT2D eigenvalue weighted by Gasteiger charge is -2.26. The maximum Gasteiger partial charge on any atom is 0.254 e. The standard InChI is InChI=1S/C20H22N2O2/c1-14(2)12-17-20(24)22(13-15-8-4-3-5-9-15)18-11-7-6-10-16(18)19(23)21-17/h3-11,14,17H,12-13H2,1-2H3,(H,21,23). The quantitative estimate of drug-likeness (QED) is 0.938. The van der Waals surface area contributed by atoms with Gasteiger partial charge in [-0.05, 0) is 30.0 Å². The molecule has 1 heterocycles. The lowest BCUT2D eigenvalue weighted by atomic mass is 10.0. The number of nitrogens with one attached hydrogen (secondary N) is 1. The molecular weight excluding hydrogens is 300 g/mol. The summed E-state index contributed by atoms with van der Waals surface area (Å²) in [6.45, 7) is 4.57. The molecule has 0 aromatic heterocycles. The number of hydrogen-bond donors (Lipinski definition) is 1. The van der Waals surface area contributed by atoms with E-state index < -0.39 is 6.04 Å². The van der Waals surface area contributed by atoms with Gasteiger partial charge in [0.15, 0.2) is 0 Å². The normalized spacial score (nSPS) is 17.5. The second kappa shape index (κ2) is 6.87. The molecule has 0 spiro atoms. The molecule has 1 atom stereocenters. The van der Waals surface area contributed by atoms with Gasteiger partial charge < -0.3 is 10.2 Å². The Balaban J connectivity index is 2.02. The number of carbonyl (C=O) groups excluding carboxylic acids is 2. The smallest absolute Gasteiger partial charge is 0.254 e. The minimum absolute atomic E-state index is 0.0501. The van der Waals surface area contributed by atoms with Crippen molar-refractivity contribution in [2.24, 2.45) is 5.92 Å². The van der Waals surface area contributed by atoms with Crippen LogP contribution in [0.5, 0.6) is 0 Å². The molecule has 4 heteroatoms. The lowest BCUT2D eigenvalue weighted by molar-refractivity contribution is -0.120. The summed E-state index contributed by atoms with van der Waals surface area (Å²) in [5.74, 6) is 0.0880. The maximum atomic E-state index is 13.1. The van der Waals surface area contributed by atoms with Crippen LogP contribution in [0.4, 0.5) is 5.69 Å². The molecule has 1 unspecified atom stereocenters. The van der Waals surface area contributed by atoms with Crippen LogP contribution in [0.1, 0.15) is 36.2 Å². The summed E-state index contributed by atoms with van der Waals surface area (Å²) in [5, 5.41) is 2.90. The Morgan fingerprint density at radius 2 is 1.67 bits per heavy atom. The fourth-order valence-corrected chi connectivity index (χ4v) is 3.07. The van der Waals surface area contributed by atoms with Crippen LogP contribution in [-0.4, -0.2) is 17.9 Å². The summed E-state index contributed by atoms with van der Waals surface area (Å²) < 4.78 is 0.